The van der Waals surface area contributed by atoms with E-state index < -0.39 is 12.5 Å². The molecule has 320 valence electrons. The van der Waals surface area contributed by atoms with Gasteiger partial charge in [0.25, 0.3) is 11.4 Å². The van der Waals surface area contributed by atoms with Crippen molar-refractivity contribution in [3.05, 3.63) is 187 Å². The molecule has 0 saturated heterocycles. The molecular weight excluding hydrogens is 856 g/mol. The minimum Gasteiger partial charge on any atom is -0.309 e. The predicted molar refractivity (Wildman–Crippen MR) is 255 cm³/mol. The Bertz CT molecular complexity index is 2940. The molecule has 0 amide bonds. The molecule has 0 saturated carbocycles. The van der Waals surface area contributed by atoms with Gasteiger partial charge in [-0.25, -0.2) is 9.97 Å². The summed E-state index contributed by atoms with van der Waals surface area (Å²) < 4.78 is 25.7. The van der Waals surface area contributed by atoms with Crippen molar-refractivity contribution < 1.29 is 28.3 Å². The maximum absolute atomic E-state index is 12.6. The summed E-state index contributed by atoms with van der Waals surface area (Å²) in [5, 5.41) is 23.0. The third-order valence-electron chi connectivity index (χ3n) is 9.24. The maximum Gasteiger partial charge on any atom is 0.335 e. The second kappa shape index (κ2) is 21.5. The zero-order chi connectivity index (χ0) is 44.9. The lowest BCUT2D eigenvalue weighted by Gasteiger charge is -2.17. The van der Waals surface area contributed by atoms with Crippen LogP contribution in [0.2, 0.25) is 0 Å². The van der Waals surface area contributed by atoms with Crippen molar-refractivity contribution in [2.45, 2.75) is 33.9 Å². The molecule has 63 heavy (non-hydrogen) atoms. The highest BCUT2D eigenvalue weighted by molar-refractivity contribution is 7.53. The van der Waals surface area contributed by atoms with Crippen molar-refractivity contribution in [1.29, 1.82) is 0 Å². The van der Waals surface area contributed by atoms with Crippen molar-refractivity contribution in [2.24, 2.45) is 0 Å². The molecular formula is C48H43N4O8PS2. The fourth-order valence-electron chi connectivity index (χ4n) is 6.19. The van der Waals surface area contributed by atoms with Gasteiger partial charge in [0.05, 0.1) is 49.7 Å². The summed E-state index contributed by atoms with van der Waals surface area (Å²) in [7, 11) is -3.07. The minimum absolute atomic E-state index is 0.0606. The van der Waals surface area contributed by atoms with Crippen LogP contribution in [-0.2, 0) is 19.8 Å². The number of nitrogens with zero attached hydrogens (tertiary/aromatic N) is 4. The fourth-order valence-corrected chi connectivity index (χ4v) is 10.0. The second-order valence-corrected chi connectivity index (χ2v) is 18.2. The number of aromatic nitrogens is 2. The third kappa shape index (κ3) is 12.8. The Morgan fingerprint density at radius 3 is 1.54 bits per heavy atom. The molecule has 0 N–H and O–H groups in total. The number of hydrogen-bond acceptors (Lipinski definition) is 12. The number of aldehydes is 1. The summed E-state index contributed by atoms with van der Waals surface area (Å²) in [6, 6.07) is 40.9. The molecule has 6 aromatic carbocycles. The average Bonchev–Trinajstić information content (AvgIpc) is 3.91. The van der Waals surface area contributed by atoms with Gasteiger partial charge in [0, 0.05) is 41.0 Å². The number of hydrogen-bond donors (Lipinski definition) is 0. The van der Waals surface area contributed by atoms with Crippen molar-refractivity contribution >= 4 is 80.5 Å². The highest BCUT2D eigenvalue weighted by Gasteiger charge is 2.24. The first kappa shape index (κ1) is 46.0. The Balaban J connectivity index is 0.000000171. The van der Waals surface area contributed by atoms with E-state index in [1.54, 1.807) is 34.8 Å². The summed E-state index contributed by atoms with van der Waals surface area (Å²) in [6.45, 7) is 8.57. The molecule has 15 heteroatoms. The summed E-state index contributed by atoms with van der Waals surface area (Å²) in [4.78, 5) is 39.7. The molecule has 0 fully saturated rings. The van der Waals surface area contributed by atoms with Crippen LogP contribution in [0, 0.1) is 34.1 Å². The van der Waals surface area contributed by atoms with E-state index in [0.29, 0.717) is 25.1 Å². The van der Waals surface area contributed by atoms with Crippen LogP contribution in [-0.4, -0.2) is 39.3 Å². The third-order valence-corrected chi connectivity index (χ3v) is 13.4. The lowest BCUT2D eigenvalue weighted by molar-refractivity contribution is -0.385. The first-order valence-electron chi connectivity index (χ1n) is 19.8. The number of nitro benzene ring substituents is 2. The summed E-state index contributed by atoms with van der Waals surface area (Å²) >= 11 is 3.38. The van der Waals surface area contributed by atoms with Crippen molar-refractivity contribution in [1.82, 2.24) is 9.97 Å². The first-order chi connectivity index (χ1) is 30.3. The van der Waals surface area contributed by atoms with E-state index in [1.807, 2.05) is 68.5 Å². The quantitative estimate of drug-likeness (QED) is 0.0357. The Morgan fingerprint density at radius 1 is 0.603 bits per heavy atom. The number of thiazole rings is 2. The number of fused-ring (bicyclic) bond motifs is 2. The number of carbonyl (C=O) groups is 1. The summed E-state index contributed by atoms with van der Waals surface area (Å²) in [5.74, 6) is 0. The Hall–Kier alpha value is -6.54. The van der Waals surface area contributed by atoms with Crippen molar-refractivity contribution in [2.75, 3.05) is 13.2 Å². The molecule has 0 aliphatic rings. The summed E-state index contributed by atoms with van der Waals surface area (Å²) in [6.07, 6.45) is 4.69. The number of non-ortho nitro benzene ring substituents is 2. The largest absolute Gasteiger partial charge is 0.335 e. The van der Waals surface area contributed by atoms with Gasteiger partial charge >= 0.3 is 7.60 Å². The van der Waals surface area contributed by atoms with Gasteiger partial charge in [0.1, 0.15) is 16.3 Å². The van der Waals surface area contributed by atoms with E-state index in [2.05, 4.69) is 62.4 Å². The van der Waals surface area contributed by atoms with E-state index in [1.165, 1.54) is 50.9 Å². The Kier molecular flexibility index (Phi) is 15.7. The van der Waals surface area contributed by atoms with Crippen LogP contribution in [0.1, 0.15) is 52.0 Å². The van der Waals surface area contributed by atoms with Crippen molar-refractivity contribution in [3.63, 3.8) is 0 Å². The molecule has 2 aromatic heterocycles. The van der Waals surface area contributed by atoms with Crippen LogP contribution in [0.15, 0.2) is 133 Å². The molecule has 0 bridgehead atoms. The first-order valence-corrected chi connectivity index (χ1v) is 23.2. The van der Waals surface area contributed by atoms with Gasteiger partial charge < -0.3 is 9.05 Å². The number of benzene rings is 6. The van der Waals surface area contributed by atoms with Crippen molar-refractivity contribution in [3.8, 4) is 21.1 Å². The Labute approximate surface area is 372 Å². The van der Waals surface area contributed by atoms with E-state index in [9.17, 15) is 29.6 Å². The highest BCUT2D eigenvalue weighted by Crippen LogP contribution is 2.51. The molecule has 12 nitrogen and oxygen atoms in total. The van der Waals surface area contributed by atoms with Gasteiger partial charge in [-0.15, -0.1) is 22.7 Å². The lowest BCUT2D eigenvalue weighted by Crippen LogP contribution is -1.99. The van der Waals surface area contributed by atoms with Gasteiger partial charge in [0.15, 0.2) is 0 Å². The van der Waals surface area contributed by atoms with E-state index in [-0.39, 0.29) is 22.5 Å². The second-order valence-electron chi connectivity index (χ2n) is 14.1. The predicted octanol–water partition coefficient (Wildman–Crippen LogP) is 13.8. The molecule has 0 atom stereocenters. The zero-order valence-corrected chi connectivity index (χ0v) is 37.4. The van der Waals surface area contributed by atoms with E-state index >= 15 is 0 Å². The highest BCUT2D eigenvalue weighted by atomic mass is 32.1. The smallest absolute Gasteiger partial charge is 0.309 e. The molecule has 0 radical (unpaired) electrons. The fraction of sp³-hybridized carbons (Fsp3) is 0.146. The van der Waals surface area contributed by atoms with Crippen LogP contribution >= 0.6 is 30.3 Å². The van der Waals surface area contributed by atoms with Crippen LogP contribution in [0.5, 0.6) is 0 Å². The molecule has 0 spiro atoms. The molecule has 0 unspecified atom stereocenters. The molecule has 0 aliphatic heterocycles. The molecule has 8 aromatic rings. The standard InChI is InChI=1S/C22H16N2O2S.C19H22NO3PS.C7H5NO3/c1-15-5-12-20-21(13-15)27-22(23-20)18-10-8-16(9-11-18)6-7-17-3-2-4-19(14-17)24(25)26;1-4-22-24(21,23-5-2)13-15-7-9-16(10-8-15)19-20-17-11-6-14(3)12-18(17)25-19;9-5-6-2-1-3-7(4-6)8(10)11/h2-14H,1H3;6-12H,4-5,13H2,1-3H3;1-5H/b7-6+;;. The van der Waals surface area contributed by atoms with E-state index in [0.717, 1.165) is 48.9 Å². The van der Waals surface area contributed by atoms with Gasteiger partial charge in [-0.3, -0.25) is 29.6 Å². The topological polar surface area (TPSA) is 165 Å². The monoisotopic (exact) mass is 898 g/mol. The number of rotatable bonds is 13. The number of carbonyl (C=O) groups excluding carboxylic acids is 1. The lowest BCUT2D eigenvalue weighted by atomic mass is 10.1. The van der Waals surface area contributed by atoms with Gasteiger partial charge in [-0.1, -0.05) is 97.1 Å². The van der Waals surface area contributed by atoms with Gasteiger partial charge in [-0.2, -0.15) is 0 Å². The van der Waals surface area contributed by atoms with Crippen LogP contribution in [0.4, 0.5) is 11.4 Å². The minimum atomic E-state index is -3.07. The van der Waals surface area contributed by atoms with E-state index in [4.69, 9.17) is 19.0 Å². The zero-order valence-electron chi connectivity index (χ0n) is 34.9. The number of aryl methyl sites for hydroxylation is 2. The Morgan fingerprint density at radius 2 is 1.06 bits per heavy atom. The molecule has 8 rings (SSSR count). The number of nitro groups is 2. The van der Waals surface area contributed by atoms with Gasteiger partial charge in [-0.05, 0) is 79.8 Å². The molecule has 2 heterocycles. The average molecular weight is 899 g/mol. The van der Waals surface area contributed by atoms with Crippen LogP contribution < -0.4 is 0 Å². The maximum atomic E-state index is 12.6. The molecule has 0 aliphatic carbocycles. The summed E-state index contributed by atoms with van der Waals surface area (Å²) in [5.41, 5.74) is 9.78. The van der Waals surface area contributed by atoms with Crippen LogP contribution in [0.3, 0.4) is 0 Å². The van der Waals surface area contributed by atoms with Crippen LogP contribution in [0.25, 0.3) is 53.7 Å². The SMILES string of the molecule is CCOP(=O)(Cc1ccc(-c2nc3ccc(C)cc3s2)cc1)OCC.Cc1ccc2nc(-c3ccc(/C=C/c4cccc([N+](=O)[O-])c4)cc3)sc2c1.O=Cc1cccc([N+](=O)[O-])c1. The van der Waals surface area contributed by atoms with Gasteiger partial charge in [0.2, 0.25) is 0 Å². The normalized spacial score (nSPS) is 11.2.